The Morgan fingerprint density at radius 3 is 0.873 bits per heavy atom. The average molecular weight is 933 g/mol. The fourth-order valence-electron chi connectivity index (χ4n) is 7.12. The Bertz CT molecular complexity index is 1130. The fraction of sp³-hybridized carbons (Fsp3) is 0.737. The van der Waals surface area contributed by atoms with E-state index in [2.05, 4.69) is 93.7 Å². The molecule has 6 nitrogen and oxygen atoms in total. The molecule has 0 N–H and O–H groups in total. The summed E-state index contributed by atoms with van der Waals surface area (Å²) in [4.78, 5) is 38.0. The minimum absolute atomic E-state index is 0.0933. The molecule has 0 unspecified atom stereocenters. The highest BCUT2D eigenvalue weighted by Crippen LogP contribution is 2.13. The van der Waals surface area contributed by atoms with Crippen LogP contribution in [0.3, 0.4) is 0 Å². The first-order valence-electron chi connectivity index (χ1n) is 26.4. The molecular formula is C57H98O6. The molecule has 0 fully saturated rings. The Morgan fingerprint density at radius 2 is 0.571 bits per heavy atom. The number of allylic oxidation sites excluding steroid dienone is 12. The van der Waals surface area contributed by atoms with Crippen LogP contribution in [0.15, 0.2) is 72.9 Å². The number of carbonyl (C=O) groups is 3. The van der Waals surface area contributed by atoms with E-state index in [1.54, 1.807) is 0 Å². The molecule has 0 atom stereocenters. The normalized spacial score (nSPS) is 12.2. The summed E-state index contributed by atoms with van der Waals surface area (Å²) < 4.78 is 16.8. The molecule has 362 valence electrons. The summed E-state index contributed by atoms with van der Waals surface area (Å²) in [6.07, 6.45) is 64.4. The lowest BCUT2D eigenvalue weighted by Gasteiger charge is -2.18. The maximum atomic E-state index is 12.8. The maximum Gasteiger partial charge on any atom is 0.306 e. The molecule has 0 aliphatic heterocycles. The molecule has 0 aromatic carbocycles. The number of hydrogen-bond donors (Lipinski definition) is 0. The van der Waals surface area contributed by atoms with E-state index in [0.29, 0.717) is 19.3 Å². The third-order valence-electron chi connectivity index (χ3n) is 11.2. The van der Waals surface area contributed by atoms with Crippen molar-refractivity contribution in [2.24, 2.45) is 0 Å². The van der Waals surface area contributed by atoms with Gasteiger partial charge in [-0.3, -0.25) is 14.4 Å². The van der Waals surface area contributed by atoms with Crippen LogP contribution in [-0.4, -0.2) is 37.2 Å². The average Bonchev–Trinajstić information content (AvgIpc) is 3.28. The molecule has 0 saturated carbocycles. The van der Waals surface area contributed by atoms with Crippen LogP contribution in [0.2, 0.25) is 0 Å². The molecule has 63 heavy (non-hydrogen) atoms. The van der Waals surface area contributed by atoms with Crippen molar-refractivity contribution in [2.75, 3.05) is 13.2 Å². The molecule has 0 radical (unpaired) electrons. The molecule has 0 aromatic rings. The first-order chi connectivity index (χ1) is 31.0. The van der Waals surface area contributed by atoms with Crippen molar-refractivity contribution < 1.29 is 28.6 Å². The van der Waals surface area contributed by atoms with Crippen molar-refractivity contribution in [3.63, 3.8) is 0 Å². The summed E-state index contributed by atoms with van der Waals surface area (Å²) >= 11 is 0. The predicted molar refractivity (Wildman–Crippen MR) is 270 cm³/mol. The lowest BCUT2D eigenvalue weighted by atomic mass is 10.4. The van der Waals surface area contributed by atoms with Crippen LogP contribution >= 0.6 is 0 Å². The third-order valence-corrected chi connectivity index (χ3v) is 11.2. The first-order valence-corrected chi connectivity index (χ1v) is 26.4. The van der Waals surface area contributed by atoms with Gasteiger partial charge in [-0.2, -0.15) is 0 Å². The molecule has 0 spiro atoms. The van der Waals surface area contributed by atoms with Crippen LogP contribution in [0.4, 0.5) is 0 Å². The van der Waals surface area contributed by atoms with E-state index in [1.165, 1.54) is 77.0 Å². The van der Waals surface area contributed by atoms with Crippen LogP contribution in [0, 0.1) is 0 Å². The van der Waals surface area contributed by atoms with Crippen molar-refractivity contribution in [2.45, 2.75) is 258 Å². The van der Waals surface area contributed by atoms with Crippen LogP contribution in [0.25, 0.3) is 0 Å². The van der Waals surface area contributed by atoms with Crippen LogP contribution in [0.5, 0.6) is 0 Å². The second kappa shape index (κ2) is 51.5. The monoisotopic (exact) mass is 933 g/mol. The van der Waals surface area contributed by atoms with Gasteiger partial charge in [0, 0.05) is 19.3 Å². The molecule has 0 aliphatic rings. The predicted octanol–water partition coefficient (Wildman–Crippen LogP) is 17.4. The zero-order valence-corrected chi connectivity index (χ0v) is 41.3. The molecule has 0 rings (SSSR count). The van der Waals surface area contributed by atoms with Crippen molar-refractivity contribution >= 4 is 17.9 Å². The van der Waals surface area contributed by atoms with Crippen molar-refractivity contribution in [1.29, 1.82) is 0 Å². The molecular weight excluding hydrogens is 834 g/mol. The van der Waals surface area contributed by atoms with E-state index in [4.69, 9.17) is 14.2 Å². The Hall–Kier alpha value is -3.15. The quantitative estimate of drug-likeness (QED) is 0.0199. The molecule has 0 aliphatic carbocycles. The van der Waals surface area contributed by atoms with E-state index < -0.39 is 6.10 Å². The van der Waals surface area contributed by atoms with Crippen LogP contribution in [0.1, 0.15) is 252 Å². The van der Waals surface area contributed by atoms with Crippen molar-refractivity contribution in [3.05, 3.63) is 72.9 Å². The second-order valence-electron chi connectivity index (χ2n) is 17.4. The third kappa shape index (κ3) is 49.7. The highest BCUT2D eigenvalue weighted by molar-refractivity contribution is 5.71. The summed E-state index contributed by atoms with van der Waals surface area (Å²) in [5.74, 6) is -0.931. The minimum Gasteiger partial charge on any atom is -0.462 e. The van der Waals surface area contributed by atoms with Crippen molar-refractivity contribution in [3.8, 4) is 0 Å². The summed E-state index contributed by atoms with van der Waals surface area (Å²) in [5.41, 5.74) is 0. The highest BCUT2D eigenvalue weighted by atomic mass is 16.7. The Labute approximate surface area is 389 Å². The van der Waals surface area contributed by atoms with Crippen molar-refractivity contribution in [1.82, 2.24) is 0 Å². The SMILES string of the molecule is [13CH3][13CH2][13CH2][13CH2][13CH2]/[13CH]=[13CH]\[13CH2]/[13CH]=[13CH]\[13CH2][13CH2][13CH2][13CH2][13CH2][13CH2][13CH2][13C](=O)OCC(CO[13C](=O)[13CH2][13CH2][13CH2][13CH2][13CH2][13CH2][13CH2]/[13CH]=[13CH]\[13CH2]/[13CH]=[13CH]\[13CH2][13CH2][13CH2][13CH2][13CH3])O[13C](=O)[13CH2][13CH2][13CH2][13CH2][13CH2][13CH2][13CH2]/[13CH]=[13CH]\[13CH2]/[13CH]=[13CH]\[13CH2][13CH2][13CH2][13CH2][13CH3]. The number of unbranched alkanes of at least 4 members (excludes halogenated alkanes) is 24. The van der Waals surface area contributed by atoms with Gasteiger partial charge in [-0.25, -0.2) is 0 Å². The number of rotatable bonds is 47. The molecule has 0 bridgehead atoms. The van der Waals surface area contributed by atoms with Gasteiger partial charge in [0.2, 0.25) is 0 Å². The maximum absolute atomic E-state index is 12.8. The van der Waals surface area contributed by atoms with Crippen LogP contribution < -0.4 is 0 Å². The van der Waals surface area contributed by atoms with Gasteiger partial charge < -0.3 is 14.2 Å². The second-order valence-corrected chi connectivity index (χ2v) is 17.4. The van der Waals surface area contributed by atoms with Gasteiger partial charge >= 0.3 is 17.9 Å². The highest BCUT2D eigenvalue weighted by Gasteiger charge is 2.19. The van der Waals surface area contributed by atoms with E-state index in [0.717, 1.165) is 135 Å². The first kappa shape index (κ1) is 59.9. The van der Waals surface area contributed by atoms with E-state index in [-0.39, 0.29) is 31.1 Å². The zero-order chi connectivity index (χ0) is 45.8. The number of esters is 3. The standard InChI is InChI=1S/C57H98O6/c1-4-7-10-13-16-19-22-25-28-31-34-37-40-43-46-49-55(58)61-52-54(63-57(60)51-48-45-42-39-36-33-30-27-24-21-18-15-12-9-6-3)53-62-56(59)50-47-44-41-38-35-32-29-26-23-20-17-14-11-8-5-2/h16-21,25-30,54H,4-15,22-24,31-53H2,1-3H3/b19-16-,20-17-,21-18-,28-25-,29-26-,30-27-/i1+1,2+1,3+1,4+1,5+1,6+1,7+1,8+1,9+1,10+1,11+1,12+1,13+1,14+1,15+1,16+1,17+1,18+1,19+1,20+1,21+1,22+1,23+1,24+1,25+1,26+1,27+1,28+1,29+1,30+1,31+1,32+1,33+1,34+1,35+1,36+1,37+1,38+1,39+1,40+1,41+1,42+1,43+1,44+1,45+1,46+1,47+1,48+1,49+1,50+1,51+1,55+1,56+1,57+1. The van der Waals surface area contributed by atoms with Gasteiger partial charge in [-0.05, 0) is 116 Å². The van der Waals surface area contributed by atoms with E-state index >= 15 is 0 Å². The topological polar surface area (TPSA) is 78.9 Å². The number of carbonyl (C=O) groups excluding carboxylic acids is 3. The van der Waals surface area contributed by atoms with Gasteiger partial charge in [0.1, 0.15) is 13.2 Å². The molecule has 0 aromatic heterocycles. The Morgan fingerprint density at radius 1 is 0.317 bits per heavy atom. The summed E-state index contributed by atoms with van der Waals surface area (Å²) in [7, 11) is 0. The lowest BCUT2D eigenvalue weighted by molar-refractivity contribution is -0.167. The summed E-state index contributed by atoms with van der Waals surface area (Å²) in [6.45, 7) is 6.52. The fourth-order valence-corrected chi connectivity index (χ4v) is 7.12. The number of ether oxygens (including phenoxy) is 3. The minimum atomic E-state index is -0.794. The number of hydrogen-bond acceptors (Lipinski definition) is 6. The van der Waals surface area contributed by atoms with E-state index in [1.807, 2.05) is 0 Å². The lowest BCUT2D eigenvalue weighted by Crippen LogP contribution is -2.30. The largest absolute Gasteiger partial charge is 0.462 e. The molecule has 0 heterocycles. The van der Waals surface area contributed by atoms with E-state index in [9.17, 15) is 14.4 Å². The molecule has 0 saturated heterocycles. The summed E-state index contributed by atoms with van der Waals surface area (Å²) in [6, 6.07) is 0. The Kier molecular flexibility index (Phi) is 48.9. The molecule has 0 amide bonds. The Balaban J connectivity index is 4.46. The van der Waals surface area contributed by atoms with Gasteiger partial charge in [0.15, 0.2) is 6.10 Å². The molecule has 6 heteroatoms. The van der Waals surface area contributed by atoms with Gasteiger partial charge in [-0.1, -0.05) is 190 Å². The zero-order valence-electron chi connectivity index (χ0n) is 41.3. The van der Waals surface area contributed by atoms with Gasteiger partial charge in [0.25, 0.3) is 0 Å². The summed E-state index contributed by atoms with van der Waals surface area (Å²) in [5, 5.41) is 0. The van der Waals surface area contributed by atoms with Gasteiger partial charge in [-0.15, -0.1) is 0 Å². The van der Waals surface area contributed by atoms with Gasteiger partial charge in [0.05, 0.1) is 0 Å². The van der Waals surface area contributed by atoms with Crippen LogP contribution in [-0.2, 0) is 28.6 Å². The smallest absolute Gasteiger partial charge is 0.306 e.